The van der Waals surface area contributed by atoms with Crippen molar-refractivity contribution < 1.29 is 156 Å². The summed E-state index contributed by atoms with van der Waals surface area (Å²) in [7, 11) is 0. The van der Waals surface area contributed by atoms with E-state index >= 15 is 0 Å². The molecule has 1 unspecified atom stereocenters. The third kappa shape index (κ3) is 23.5. The molecule has 516 valence electrons. The van der Waals surface area contributed by atoms with E-state index in [4.69, 9.17) is 58.2 Å². The minimum absolute atomic E-state index is 0.00929. The molecule has 11 aliphatic carbocycles. The number of H-pyrrole nitrogens is 1. The third-order valence-electron chi connectivity index (χ3n) is 13.2. The highest BCUT2D eigenvalue weighted by molar-refractivity contribution is 5.75. The average molecular weight is 1360 g/mol. The van der Waals surface area contributed by atoms with Crippen LogP contribution in [0.4, 0.5) is 0 Å². The van der Waals surface area contributed by atoms with E-state index in [0.29, 0.717) is 0 Å². The van der Waals surface area contributed by atoms with Crippen LogP contribution in [0.1, 0.15) is 61.3 Å². The number of ether oxygens (including phenoxy) is 10. The number of hydrogen-bond acceptors (Lipinski definition) is 23. The van der Waals surface area contributed by atoms with Gasteiger partial charge in [-0.3, -0.25) is 4.79 Å². The minimum atomic E-state index is -1.50. The molecule has 17 rings (SSSR count). The summed E-state index contributed by atoms with van der Waals surface area (Å²) in [4.78, 5) is 137. The summed E-state index contributed by atoms with van der Waals surface area (Å²) < 4.78 is 57.5. The maximum absolute atomic E-state index is 12.1. The zero-order chi connectivity index (χ0) is 71.0. The molecule has 0 saturated heterocycles. The molecule has 11 aliphatic rings. The first-order valence-corrected chi connectivity index (χ1v) is 28.2. The Labute approximate surface area is 545 Å². The highest BCUT2D eigenvalue weighted by Crippen LogP contribution is 2.43. The first-order valence-electron chi connectivity index (χ1n) is 28.2. The summed E-state index contributed by atoms with van der Waals surface area (Å²) in [5, 5.41) is 106. The second-order valence-corrected chi connectivity index (χ2v) is 20.6. The highest BCUT2D eigenvalue weighted by Gasteiger charge is 2.27. The summed E-state index contributed by atoms with van der Waals surface area (Å²) in [6.07, 6.45) is 1.10. The van der Waals surface area contributed by atoms with Gasteiger partial charge < -0.3 is 114 Å². The zero-order valence-electron chi connectivity index (χ0n) is 50.5. The first kappa shape index (κ1) is 73.5. The monoisotopic (exact) mass is 1360 g/mol. The van der Waals surface area contributed by atoms with Crippen LogP contribution < -0.4 is 53.1 Å². The van der Waals surface area contributed by atoms with Crippen molar-refractivity contribution in [2.75, 3.05) is 66.1 Å². The predicted molar refractivity (Wildman–Crippen MR) is 320 cm³/mol. The SMILES string of the molecule is NC(Cc1cnc[nH]1)C(=O)O.O=C(O)COc1cc2c(OCC(=O)O)cc1CCc1cc(OCC(=O)O)c(cc1OCC(=O)O)Cc1cc(OCC(=O)O)c(cc1OCC(=O)O)Cc1cc(OCC(=O)O)c(cc1OCC(=O)O)Cc1cc(OCC(=O)O)c(cc1OCC(=O)O)C2. The number of aromatic nitrogens is 2. The topological polar surface area (TPSA) is 557 Å². The van der Waals surface area contributed by atoms with Gasteiger partial charge in [-0.2, -0.15) is 0 Å². The largest absolute Gasteiger partial charge is 0.482 e. The normalized spacial score (nSPS) is 11.8. The standard InChI is InChI=1S/C56H52O30.C6H9N3O2/c57-47(58)17-77-37-9-29-3-31-11-43(83-23-53(69)70)33(13-41(31)81-21-51(65)66)5-35-15-46(86-26-56(75)76)36(16-45(35)85-25-55(73)74)6-34-14-42(82-22-52(67)68)32(12-44(34)84-24-54(71)72)4-30-10-38(78-18-48(59)60)28(8-40(30)80-20-50(63)64)2-1-27(37)7-39(29)79-19-49(61)62;7-5(6(10)11)1-4-2-8-3-9-4/h7-16H,1-6,17-26H2,(H,57,58)(H,59,60)(H,61,62)(H,63,64)(H,65,66)(H,67,68)(H,69,70)(H,71,72)(H,73,74)(H,75,76);2-3,5H,1,7H2,(H,8,9)(H,10,11). The van der Waals surface area contributed by atoms with E-state index in [9.17, 15) is 104 Å². The number of aliphatic carboxylic acids is 11. The van der Waals surface area contributed by atoms with Crippen molar-refractivity contribution in [1.29, 1.82) is 0 Å². The number of imidazole rings is 1. The lowest BCUT2D eigenvalue weighted by molar-refractivity contribution is -0.140. The summed E-state index contributed by atoms with van der Waals surface area (Å²) in [6.45, 7) is -10.1. The molecule has 1 heterocycles. The number of hydrogen-bond donors (Lipinski definition) is 13. The number of carboxylic acids is 11. The lowest BCUT2D eigenvalue weighted by Crippen LogP contribution is -2.32. The van der Waals surface area contributed by atoms with Gasteiger partial charge in [-0.1, -0.05) is 0 Å². The quantitative estimate of drug-likeness (QED) is 0.0281. The van der Waals surface area contributed by atoms with Gasteiger partial charge in [-0.25, -0.2) is 52.9 Å². The van der Waals surface area contributed by atoms with E-state index in [1.165, 1.54) is 67.0 Å². The van der Waals surface area contributed by atoms with Crippen molar-refractivity contribution in [1.82, 2.24) is 9.97 Å². The number of carbonyl (C=O) groups is 11. The highest BCUT2D eigenvalue weighted by atomic mass is 16.5. The Hall–Kier alpha value is -12.6. The fourth-order valence-corrected chi connectivity index (χ4v) is 9.27. The number of benzene rings is 5. The van der Waals surface area contributed by atoms with Crippen LogP contribution >= 0.6 is 0 Å². The zero-order valence-corrected chi connectivity index (χ0v) is 50.5. The summed E-state index contributed by atoms with van der Waals surface area (Å²) >= 11 is 0. The molecule has 10 bridgehead atoms. The van der Waals surface area contributed by atoms with Crippen LogP contribution in [-0.4, -0.2) is 204 Å². The van der Waals surface area contributed by atoms with Crippen molar-refractivity contribution >= 4 is 65.7 Å². The van der Waals surface area contributed by atoms with E-state index in [2.05, 4.69) is 9.97 Å². The maximum Gasteiger partial charge on any atom is 0.341 e. The van der Waals surface area contributed by atoms with E-state index in [1.54, 1.807) is 6.20 Å². The molecule has 5 aromatic carbocycles. The molecule has 6 aromatic rings. The molecule has 0 amide bonds. The molecule has 35 heteroatoms. The van der Waals surface area contributed by atoms with E-state index < -0.39 is 163 Å². The Bertz CT molecular complexity index is 3710. The number of carboxylic acid groups (broad SMARTS) is 11. The van der Waals surface area contributed by atoms with Crippen molar-refractivity contribution in [2.45, 2.75) is 51.0 Å². The number of nitrogens with two attached hydrogens (primary N) is 1. The Morgan fingerprint density at radius 2 is 0.495 bits per heavy atom. The van der Waals surface area contributed by atoms with Crippen molar-refractivity contribution in [3.05, 3.63) is 135 Å². The van der Waals surface area contributed by atoms with Crippen LogP contribution in [0.2, 0.25) is 0 Å². The van der Waals surface area contributed by atoms with Crippen LogP contribution in [0.5, 0.6) is 57.5 Å². The molecular weight excluding hydrogens is 1300 g/mol. The van der Waals surface area contributed by atoms with Crippen LogP contribution in [0, 0.1) is 0 Å². The van der Waals surface area contributed by atoms with Gasteiger partial charge in [0.25, 0.3) is 0 Å². The Balaban J connectivity index is 0.00000122. The average Bonchev–Trinajstić information content (AvgIpc) is 0.980. The molecule has 0 spiro atoms. The lowest BCUT2D eigenvalue weighted by Gasteiger charge is -2.22. The second kappa shape index (κ2) is 34.9. The van der Waals surface area contributed by atoms with Crippen molar-refractivity contribution in [3.8, 4) is 57.5 Å². The summed E-state index contributed by atoms with van der Waals surface area (Å²) in [5.74, 6) is -18.2. The van der Waals surface area contributed by atoms with Crippen LogP contribution in [-0.2, 0) is 97.7 Å². The Kier molecular flexibility index (Phi) is 26.5. The van der Waals surface area contributed by atoms with Crippen LogP contribution in [0.25, 0.3) is 0 Å². The molecule has 1 aromatic heterocycles. The number of aromatic amines is 1. The number of rotatable bonds is 33. The lowest BCUT2D eigenvalue weighted by atomic mass is 9.93. The fourth-order valence-electron chi connectivity index (χ4n) is 9.27. The Morgan fingerprint density at radius 3 is 0.649 bits per heavy atom. The van der Waals surface area contributed by atoms with Gasteiger partial charge in [-0.05, 0) is 84.6 Å². The van der Waals surface area contributed by atoms with E-state index in [1.807, 2.05) is 0 Å². The predicted octanol–water partition coefficient (Wildman–Crippen LogP) is 2.15. The molecule has 97 heavy (non-hydrogen) atoms. The van der Waals surface area contributed by atoms with Crippen LogP contribution in [0.15, 0.2) is 73.2 Å². The molecule has 0 saturated carbocycles. The van der Waals surface area contributed by atoms with E-state index in [-0.39, 0.29) is 132 Å². The van der Waals surface area contributed by atoms with Gasteiger partial charge in [0.15, 0.2) is 66.1 Å². The number of nitrogens with one attached hydrogen (secondary N) is 1. The number of aryl methyl sites for hydroxylation is 2. The van der Waals surface area contributed by atoms with E-state index in [0.717, 1.165) is 5.69 Å². The molecular formula is C62H61N3O32. The van der Waals surface area contributed by atoms with Gasteiger partial charge in [0.05, 0.1) is 6.33 Å². The van der Waals surface area contributed by atoms with Gasteiger partial charge in [0.1, 0.15) is 63.5 Å². The summed E-state index contributed by atoms with van der Waals surface area (Å²) in [5.41, 5.74) is 6.12. The van der Waals surface area contributed by atoms with Gasteiger partial charge >= 0.3 is 65.7 Å². The summed E-state index contributed by atoms with van der Waals surface area (Å²) in [6, 6.07) is 11.5. The molecule has 0 radical (unpaired) electrons. The molecule has 0 aliphatic heterocycles. The minimum Gasteiger partial charge on any atom is -0.482 e. The smallest absolute Gasteiger partial charge is 0.341 e. The van der Waals surface area contributed by atoms with Crippen LogP contribution in [0.3, 0.4) is 0 Å². The van der Waals surface area contributed by atoms with Gasteiger partial charge in [-0.15, -0.1) is 0 Å². The van der Waals surface area contributed by atoms with Crippen molar-refractivity contribution in [2.24, 2.45) is 5.73 Å². The van der Waals surface area contributed by atoms with Gasteiger partial charge in [0.2, 0.25) is 0 Å². The number of nitrogens with zero attached hydrogens (tertiary/aromatic N) is 1. The fraction of sp³-hybridized carbons (Fsp3) is 0.290. The van der Waals surface area contributed by atoms with Gasteiger partial charge in [0, 0.05) is 88.5 Å². The molecule has 14 N–H and O–H groups in total. The van der Waals surface area contributed by atoms with Crippen molar-refractivity contribution in [3.63, 3.8) is 0 Å². The first-order chi connectivity index (χ1) is 46.0. The second-order valence-electron chi connectivity index (χ2n) is 20.6. The molecule has 35 nitrogen and oxygen atoms in total. The molecule has 0 fully saturated rings. The molecule has 1 atom stereocenters. The maximum atomic E-state index is 12.1. The Morgan fingerprint density at radius 1 is 0.320 bits per heavy atom. The third-order valence-corrected chi connectivity index (χ3v) is 13.2.